The molecule has 5 heteroatoms. The van der Waals surface area contributed by atoms with Crippen LogP contribution in [0.15, 0.2) is 33.6 Å². The summed E-state index contributed by atoms with van der Waals surface area (Å²) in [5.41, 5.74) is -0.753. The number of hydrogen-bond acceptors (Lipinski definition) is 3. The molecule has 104 valence electrons. The Hall–Kier alpha value is -0.520. The maximum atomic E-state index is 11.5. The molecule has 2 unspecified atom stereocenters. The van der Waals surface area contributed by atoms with Crippen LogP contribution in [-0.2, 0) is 4.79 Å². The lowest BCUT2D eigenvalue weighted by Crippen LogP contribution is -2.53. The van der Waals surface area contributed by atoms with Crippen molar-refractivity contribution in [2.75, 3.05) is 7.05 Å². The number of aliphatic carboxylic acids is 1. The van der Waals surface area contributed by atoms with Crippen LogP contribution >= 0.6 is 27.7 Å². The number of carboxylic acids is 1. The van der Waals surface area contributed by atoms with Crippen molar-refractivity contribution in [2.24, 2.45) is 0 Å². The fourth-order valence-electron chi connectivity index (χ4n) is 2.57. The Bertz CT molecular complexity index is 469. The molecular formula is C14H18BrNO2S. The molecule has 1 aliphatic carbocycles. The molecule has 0 aliphatic heterocycles. The topological polar surface area (TPSA) is 49.3 Å². The molecule has 1 fully saturated rings. The van der Waals surface area contributed by atoms with Crippen LogP contribution in [0, 0.1) is 0 Å². The van der Waals surface area contributed by atoms with Gasteiger partial charge in [-0.2, -0.15) is 0 Å². The van der Waals surface area contributed by atoms with Crippen molar-refractivity contribution in [3.63, 3.8) is 0 Å². The lowest BCUT2D eigenvalue weighted by molar-refractivity contribution is -0.146. The van der Waals surface area contributed by atoms with Gasteiger partial charge in [0.05, 0.1) is 0 Å². The van der Waals surface area contributed by atoms with Crippen LogP contribution < -0.4 is 5.32 Å². The first-order valence-electron chi connectivity index (χ1n) is 6.41. The molecule has 0 heterocycles. The monoisotopic (exact) mass is 343 g/mol. The fourth-order valence-corrected chi connectivity index (χ4v) is 4.49. The standard InChI is InChI=1S/C14H18BrNO2S/c1-16-14(13(17)18)8-4-5-10(9-14)19-12-7-3-2-6-11(12)15/h2-3,6-7,10,16H,4-5,8-9H2,1H3,(H,17,18). The Morgan fingerprint density at radius 1 is 1.53 bits per heavy atom. The minimum Gasteiger partial charge on any atom is -0.480 e. The highest BCUT2D eigenvalue weighted by molar-refractivity contribution is 9.10. The second-order valence-electron chi connectivity index (χ2n) is 4.90. The maximum absolute atomic E-state index is 11.5. The minimum atomic E-state index is -0.753. The first kappa shape index (κ1) is 14.9. The number of thioether (sulfide) groups is 1. The number of benzene rings is 1. The molecule has 1 aromatic rings. The number of hydrogen-bond donors (Lipinski definition) is 2. The van der Waals surface area contributed by atoms with Crippen molar-refractivity contribution in [2.45, 2.75) is 41.4 Å². The van der Waals surface area contributed by atoms with Crippen LogP contribution in [-0.4, -0.2) is 28.9 Å². The summed E-state index contributed by atoms with van der Waals surface area (Å²) in [7, 11) is 1.75. The molecule has 0 aromatic heterocycles. The molecule has 0 saturated heterocycles. The molecule has 0 bridgehead atoms. The van der Waals surface area contributed by atoms with E-state index in [1.807, 2.05) is 18.2 Å². The van der Waals surface area contributed by atoms with Gasteiger partial charge in [0.2, 0.25) is 0 Å². The number of nitrogens with one attached hydrogen (secondary N) is 1. The predicted molar refractivity (Wildman–Crippen MR) is 81.7 cm³/mol. The van der Waals surface area contributed by atoms with Crippen LogP contribution in [0.3, 0.4) is 0 Å². The van der Waals surface area contributed by atoms with Gasteiger partial charge in [0, 0.05) is 14.6 Å². The van der Waals surface area contributed by atoms with Crippen molar-refractivity contribution in [3.8, 4) is 0 Å². The Kier molecular flexibility index (Phi) is 4.92. The summed E-state index contributed by atoms with van der Waals surface area (Å²) < 4.78 is 1.08. The van der Waals surface area contributed by atoms with Crippen LogP contribution in [0.5, 0.6) is 0 Å². The lowest BCUT2D eigenvalue weighted by atomic mass is 9.81. The van der Waals surface area contributed by atoms with Gasteiger partial charge in [0.15, 0.2) is 0 Å². The summed E-state index contributed by atoms with van der Waals surface area (Å²) >= 11 is 5.32. The minimum absolute atomic E-state index is 0.344. The molecule has 2 N–H and O–H groups in total. The van der Waals surface area contributed by atoms with Gasteiger partial charge in [-0.25, -0.2) is 0 Å². The summed E-state index contributed by atoms with van der Waals surface area (Å²) in [5, 5.41) is 12.8. The maximum Gasteiger partial charge on any atom is 0.323 e. The Morgan fingerprint density at radius 3 is 2.89 bits per heavy atom. The largest absolute Gasteiger partial charge is 0.480 e. The van der Waals surface area contributed by atoms with E-state index < -0.39 is 11.5 Å². The first-order valence-corrected chi connectivity index (χ1v) is 8.08. The molecule has 0 radical (unpaired) electrons. The second-order valence-corrected chi connectivity index (χ2v) is 7.10. The lowest BCUT2D eigenvalue weighted by Gasteiger charge is -2.37. The van der Waals surface area contributed by atoms with E-state index in [1.165, 1.54) is 4.90 Å². The van der Waals surface area contributed by atoms with E-state index in [0.717, 1.165) is 17.3 Å². The molecule has 3 nitrogen and oxygen atoms in total. The number of carbonyl (C=O) groups is 1. The highest BCUT2D eigenvalue weighted by Gasteiger charge is 2.41. The molecule has 0 spiro atoms. The molecule has 1 aliphatic rings. The van der Waals surface area contributed by atoms with E-state index in [9.17, 15) is 9.90 Å². The summed E-state index contributed by atoms with van der Waals surface area (Å²) in [4.78, 5) is 12.7. The summed E-state index contributed by atoms with van der Waals surface area (Å²) in [6, 6.07) is 8.10. The van der Waals surface area contributed by atoms with Crippen molar-refractivity contribution >= 4 is 33.7 Å². The number of carboxylic acid groups (broad SMARTS) is 1. The fraction of sp³-hybridized carbons (Fsp3) is 0.500. The van der Waals surface area contributed by atoms with Crippen LogP contribution in [0.4, 0.5) is 0 Å². The van der Waals surface area contributed by atoms with Crippen molar-refractivity contribution in [3.05, 3.63) is 28.7 Å². The average molecular weight is 344 g/mol. The number of halogens is 1. The quantitative estimate of drug-likeness (QED) is 0.877. The summed E-state index contributed by atoms with van der Waals surface area (Å²) in [6.07, 6.45) is 3.41. The number of likely N-dealkylation sites (N-methyl/N-ethyl adjacent to an activating group) is 1. The zero-order chi connectivity index (χ0) is 13.9. The molecule has 2 atom stereocenters. The van der Waals surface area contributed by atoms with Gasteiger partial charge < -0.3 is 10.4 Å². The molecule has 1 aromatic carbocycles. The van der Waals surface area contributed by atoms with Crippen LogP contribution in [0.2, 0.25) is 0 Å². The van der Waals surface area contributed by atoms with E-state index in [0.29, 0.717) is 18.1 Å². The average Bonchev–Trinajstić information content (AvgIpc) is 2.41. The normalized spacial score (nSPS) is 27.2. The third kappa shape index (κ3) is 3.33. The Labute approximate surface area is 126 Å². The van der Waals surface area contributed by atoms with Crippen LogP contribution in [0.1, 0.15) is 25.7 Å². The zero-order valence-corrected chi connectivity index (χ0v) is 13.3. The van der Waals surface area contributed by atoms with Crippen molar-refractivity contribution in [1.82, 2.24) is 5.32 Å². The molecule has 2 rings (SSSR count). The zero-order valence-electron chi connectivity index (χ0n) is 10.9. The highest BCUT2D eigenvalue weighted by atomic mass is 79.9. The van der Waals surface area contributed by atoms with Crippen molar-refractivity contribution < 1.29 is 9.90 Å². The van der Waals surface area contributed by atoms with Gasteiger partial charge in [-0.05, 0) is 60.8 Å². The highest BCUT2D eigenvalue weighted by Crippen LogP contribution is 2.40. The van der Waals surface area contributed by atoms with Gasteiger partial charge in [-0.15, -0.1) is 11.8 Å². The second kappa shape index (κ2) is 6.29. The van der Waals surface area contributed by atoms with E-state index in [4.69, 9.17) is 0 Å². The molecule has 0 amide bonds. The molecule has 19 heavy (non-hydrogen) atoms. The SMILES string of the molecule is CNC1(C(=O)O)CCCC(Sc2ccccc2Br)C1. The first-order chi connectivity index (χ1) is 9.07. The van der Waals surface area contributed by atoms with E-state index in [1.54, 1.807) is 18.8 Å². The van der Waals surface area contributed by atoms with E-state index >= 15 is 0 Å². The van der Waals surface area contributed by atoms with Crippen LogP contribution in [0.25, 0.3) is 0 Å². The van der Waals surface area contributed by atoms with E-state index in [-0.39, 0.29) is 0 Å². The molecular weight excluding hydrogens is 326 g/mol. The third-order valence-electron chi connectivity index (χ3n) is 3.72. The summed E-state index contributed by atoms with van der Waals surface area (Å²) in [5.74, 6) is -0.729. The summed E-state index contributed by atoms with van der Waals surface area (Å²) in [6.45, 7) is 0. The van der Waals surface area contributed by atoms with Crippen molar-refractivity contribution in [1.29, 1.82) is 0 Å². The number of rotatable bonds is 4. The Morgan fingerprint density at radius 2 is 2.26 bits per heavy atom. The van der Waals surface area contributed by atoms with E-state index in [2.05, 4.69) is 27.3 Å². The van der Waals surface area contributed by atoms with Gasteiger partial charge in [0.1, 0.15) is 5.54 Å². The van der Waals surface area contributed by atoms with Gasteiger partial charge in [0.25, 0.3) is 0 Å². The van der Waals surface area contributed by atoms with Gasteiger partial charge in [-0.1, -0.05) is 12.1 Å². The van der Waals surface area contributed by atoms with Gasteiger partial charge >= 0.3 is 5.97 Å². The Balaban J connectivity index is 2.10. The van der Waals surface area contributed by atoms with Gasteiger partial charge in [-0.3, -0.25) is 4.79 Å². The molecule has 1 saturated carbocycles. The third-order valence-corrected chi connectivity index (χ3v) is 6.02. The predicted octanol–water partition coefficient (Wildman–Crippen LogP) is 3.53. The smallest absolute Gasteiger partial charge is 0.323 e.